The number of imidazole rings is 1. The average molecular weight is 176 g/mol. The second-order valence-corrected chi connectivity index (χ2v) is 2.56. The smallest absolute Gasteiger partial charge is 0.243 e. The highest BCUT2D eigenvalue weighted by Crippen LogP contribution is 2.10. The predicted octanol–water partition coefficient (Wildman–Crippen LogP) is 0.588. The number of oxime groups is 1. The molecule has 1 heterocycles. The van der Waals surface area contributed by atoms with Crippen molar-refractivity contribution in [2.75, 3.05) is 0 Å². The second-order valence-electron chi connectivity index (χ2n) is 2.56. The van der Waals surface area contributed by atoms with Gasteiger partial charge in [0, 0.05) is 0 Å². The molecule has 0 atom stereocenters. The van der Waals surface area contributed by atoms with Crippen molar-refractivity contribution in [3.05, 3.63) is 30.6 Å². The van der Waals surface area contributed by atoms with Crippen molar-refractivity contribution >= 4 is 17.0 Å². The summed E-state index contributed by atoms with van der Waals surface area (Å²) in [5.74, 6) is 0.00806. The molecule has 0 spiro atoms. The van der Waals surface area contributed by atoms with E-state index in [2.05, 4.69) is 10.1 Å². The van der Waals surface area contributed by atoms with Crippen LogP contribution in [0.3, 0.4) is 0 Å². The van der Waals surface area contributed by atoms with E-state index in [0.717, 1.165) is 11.0 Å². The second kappa shape index (κ2) is 2.78. The normalized spacial score (nSPS) is 12.2. The van der Waals surface area contributed by atoms with Crippen LogP contribution in [0.1, 0.15) is 0 Å². The van der Waals surface area contributed by atoms with E-state index in [4.69, 9.17) is 10.9 Å². The van der Waals surface area contributed by atoms with Gasteiger partial charge < -0.3 is 10.9 Å². The van der Waals surface area contributed by atoms with Gasteiger partial charge in [-0.2, -0.15) is 0 Å². The maximum Gasteiger partial charge on any atom is 0.243 e. The van der Waals surface area contributed by atoms with E-state index in [1.807, 2.05) is 24.3 Å². The molecule has 0 bridgehead atoms. The van der Waals surface area contributed by atoms with E-state index in [1.54, 1.807) is 0 Å². The van der Waals surface area contributed by atoms with Crippen molar-refractivity contribution in [2.24, 2.45) is 10.9 Å². The van der Waals surface area contributed by atoms with E-state index in [1.165, 1.54) is 10.9 Å². The molecule has 5 heteroatoms. The zero-order chi connectivity index (χ0) is 9.26. The van der Waals surface area contributed by atoms with Gasteiger partial charge in [0.1, 0.15) is 6.33 Å². The molecule has 0 saturated carbocycles. The third kappa shape index (κ3) is 1.10. The third-order valence-electron chi connectivity index (χ3n) is 1.80. The van der Waals surface area contributed by atoms with Gasteiger partial charge in [-0.3, -0.25) is 4.57 Å². The zero-order valence-corrected chi connectivity index (χ0v) is 6.75. The minimum Gasteiger partial charge on any atom is -0.408 e. The number of hydrogen-bond acceptors (Lipinski definition) is 3. The van der Waals surface area contributed by atoms with E-state index < -0.39 is 0 Å². The molecular weight excluding hydrogens is 168 g/mol. The molecule has 0 saturated heterocycles. The first-order chi connectivity index (χ1) is 6.33. The van der Waals surface area contributed by atoms with Crippen LogP contribution < -0.4 is 5.73 Å². The van der Waals surface area contributed by atoms with Crippen molar-refractivity contribution in [1.82, 2.24) is 9.55 Å². The summed E-state index contributed by atoms with van der Waals surface area (Å²) in [6, 6.07) is 7.45. The SMILES string of the molecule is N/C(=N\O)n1cnc2ccccc21. The van der Waals surface area contributed by atoms with E-state index in [0.29, 0.717) is 0 Å². The zero-order valence-electron chi connectivity index (χ0n) is 6.75. The van der Waals surface area contributed by atoms with Gasteiger partial charge in [0.15, 0.2) is 0 Å². The minimum absolute atomic E-state index is 0.00806. The van der Waals surface area contributed by atoms with Crippen LogP contribution in [-0.4, -0.2) is 20.7 Å². The Morgan fingerprint density at radius 3 is 3.00 bits per heavy atom. The maximum atomic E-state index is 8.48. The summed E-state index contributed by atoms with van der Waals surface area (Å²) in [5, 5.41) is 11.4. The summed E-state index contributed by atoms with van der Waals surface area (Å²) >= 11 is 0. The van der Waals surface area contributed by atoms with Crippen molar-refractivity contribution in [3.63, 3.8) is 0 Å². The Bertz CT molecular complexity index is 460. The van der Waals surface area contributed by atoms with Gasteiger partial charge in [-0.05, 0) is 12.1 Å². The molecule has 66 valence electrons. The maximum absolute atomic E-state index is 8.48. The molecule has 1 aromatic heterocycles. The Balaban J connectivity index is 2.71. The van der Waals surface area contributed by atoms with E-state index in [-0.39, 0.29) is 5.96 Å². The standard InChI is InChI=1S/C8H8N4O/c9-8(11-13)12-5-10-6-3-1-2-4-7(6)12/h1-5,13H,(H2,9,11). The molecular formula is C8H8N4O. The Labute approximate surface area is 74.1 Å². The number of hydrogen-bond donors (Lipinski definition) is 2. The summed E-state index contributed by atoms with van der Waals surface area (Å²) < 4.78 is 1.51. The Hall–Kier alpha value is -2.04. The molecule has 3 N–H and O–H groups in total. The van der Waals surface area contributed by atoms with Gasteiger partial charge in [-0.1, -0.05) is 17.3 Å². The van der Waals surface area contributed by atoms with Crippen LogP contribution in [0.2, 0.25) is 0 Å². The highest BCUT2D eigenvalue weighted by atomic mass is 16.4. The van der Waals surface area contributed by atoms with Crippen LogP contribution in [0.25, 0.3) is 11.0 Å². The molecule has 1 aromatic carbocycles. The average Bonchev–Trinajstić information content (AvgIpc) is 2.60. The first-order valence-electron chi connectivity index (χ1n) is 3.73. The lowest BCUT2D eigenvalue weighted by molar-refractivity contribution is 0.316. The van der Waals surface area contributed by atoms with E-state index in [9.17, 15) is 0 Å². The van der Waals surface area contributed by atoms with Crippen LogP contribution >= 0.6 is 0 Å². The number of fused-ring (bicyclic) bond motifs is 1. The molecule has 0 radical (unpaired) electrons. The highest BCUT2D eigenvalue weighted by Gasteiger charge is 2.03. The van der Waals surface area contributed by atoms with Gasteiger partial charge in [0.2, 0.25) is 5.96 Å². The molecule has 2 rings (SSSR count). The largest absolute Gasteiger partial charge is 0.408 e. The fourth-order valence-electron chi connectivity index (χ4n) is 1.19. The molecule has 0 fully saturated rings. The van der Waals surface area contributed by atoms with E-state index >= 15 is 0 Å². The number of benzene rings is 1. The van der Waals surface area contributed by atoms with Crippen molar-refractivity contribution in [1.29, 1.82) is 0 Å². The summed E-state index contributed by atoms with van der Waals surface area (Å²) in [7, 11) is 0. The molecule has 0 aliphatic heterocycles. The number of aromatic nitrogens is 2. The van der Waals surface area contributed by atoms with Crippen molar-refractivity contribution in [2.45, 2.75) is 0 Å². The Morgan fingerprint density at radius 1 is 1.46 bits per heavy atom. The van der Waals surface area contributed by atoms with Gasteiger partial charge in [0.05, 0.1) is 11.0 Å². The first-order valence-corrected chi connectivity index (χ1v) is 3.73. The van der Waals surface area contributed by atoms with Crippen LogP contribution in [0.4, 0.5) is 0 Å². The summed E-state index contributed by atoms with van der Waals surface area (Å²) in [4.78, 5) is 4.08. The van der Waals surface area contributed by atoms with Crippen LogP contribution in [0.15, 0.2) is 35.7 Å². The van der Waals surface area contributed by atoms with Crippen LogP contribution in [0, 0.1) is 0 Å². The lowest BCUT2D eigenvalue weighted by Crippen LogP contribution is -2.20. The topological polar surface area (TPSA) is 76.4 Å². The monoisotopic (exact) mass is 176 g/mol. The molecule has 0 aliphatic rings. The van der Waals surface area contributed by atoms with Crippen molar-refractivity contribution in [3.8, 4) is 0 Å². The number of nitrogens with two attached hydrogens (primary N) is 1. The molecule has 0 amide bonds. The molecule has 2 aromatic rings. The van der Waals surface area contributed by atoms with Gasteiger partial charge >= 0.3 is 0 Å². The number of nitrogens with zero attached hydrogens (tertiary/aromatic N) is 3. The fourth-order valence-corrected chi connectivity index (χ4v) is 1.19. The lowest BCUT2D eigenvalue weighted by Gasteiger charge is -1.98. The van der Waals surface area contributed by atoms with Crippen molar-refractivity contribution < 1.29 is 5.21 Å². The van der Waals surface area contributed by atoms with Gasteiger partial charge in [0.25, 0.3) is 0 Å². The van der Waals surface area contributed by atoms with Gasteiger partial charge in [-0.25, -0.2) is 4.98 Å². The molecule has 0 aliphatic carbocycles. The summed E-state index contributed by atoms with van der Waals surface area (Å²) in [6.07, 6.45) is 1.51. The number of para-hydroxylation sites is 2. The minimum atomic E-state index is 0.00806. The molecule has 13 heavy (non-hydrogen) atoms. The predicted molar refractivity (Wildman–Crippen MR) is 48.5 cm³/mol. The summed E-state index contributed by atoms with van der Waals surface area (Å²) in [5.41, 5.74) is 7.06. The molecule has 5 nitrogen and oxygen atoms in total. The van der Waals surface area contributed by atoms with Gasteiger partial charge in [-0.15, -0.1) is 0 Å². The Morgan fingerprint density at radius 2 is 2.23 bits per heavy atom. The van der Waals surface area contributed by atoms with Crippen LogP contribution in [0.5, 0.6) is 0 Å². The fraction of sp³-hybridized carbons (Fsp3) is 0. The molecule has 0 unspecified atom stereocenters. The highest BCUT2D eigenvalue weighted by molar-refractivity contribution is 5.90. The Kier molecular flexibility index (Phi) is 1.63. The summed E-state index contributed by atoms with van der Waals surface area (Å²) in [6.45, 7) is 0. The van der Waals surface area contributed by atoms with Crippen LogP contribution in [-0.2, 0) is 0 Å². The first kappa shape index (κ1) is 7.60. The third-order valence-corrected chi connectivity index (χ3v) is 1.80. The lowest BCUT2D eigenvalue weighted by atomic mass is 10.3. The number of rotatable bonds is 0. The quantitative estimate of drug-likeness (QED) is 0.267.